The summed E-state index contributed by atoms with van der Waals surface area (Å²) in [6.07, 6.45) is 0.754. The van der Waals surface area contributed by atoms with Crippen molar-refractivity contribution < 1.29 is 14.7 Å². The van der Waals surface area contributed by atoms with E-state index >= 15 is 0 Å². The fourth-order valence-corrected chi connectivity index (χ4v) is 1.85. The molecule has 1 atom stereocenters. The van der Waals surface area contributed by atoms with E-state index in [-0.39, 0.29) is 25.0 Å². The molecule has 1 unspecified atom stereocenters. The minimum Gasteiger partial charge on any atom is -0.480 e. The van der Waals surface area contributed by atoms with Crippen LogP contribution in [0, 0.1) is 11.3 Å². The average molecular weight is 289 g/mol. The molecule has 0 radical (unpaired) electrons. The van der Waals surface area contributed by atoms with Crippen molar-refractivity contribution in [3.05, 3.63) is 29.8 Å². The zero-order valence-corrected chi connectivity index (χ0v) is 12.2. The normalized spacial score (nSPS) is 11.7. The van der Waals surface area contributed by atoms with Crippen LogP contribution in [0.3, 0.4) is 0 Å². The van der Waals surface area contributed by atoms with Gasteiger partial charge in [0, 0.05) is 11.7 Å². The predicted octanol–water partition coefficient (Wildman–Crippen LogP) is 1.68. The zero-order valence-electron chi connectivity index (χ0n) is 12.2. The fraction of sp³-hybridized carbons (Fsp3) is 0.400. The van der Waals surface area contributed by atoms with E-state index in [1.165, 1.54) is 0 Å². The van der Waals surface area contributed by atoms with Crippen LogP contribution in [0.4, 0.5) is 5.69 Å². The van der Waals surface area contributed by atoms with Crippen molar-refractivity contribution in [1.82, 2.24) is 4.90 Å². The minimum atomic E-state index is -0.963. The van der Waals surface area contributed by atoms with Crippen LogP contribution in [0.15, 0.2) is 24.3 Å². The highest BCUT2D eigenvalue weighted by Crippen LogP contribution is 2.10. The number of carboxylic acid groups (broad SMARTS) is 1. The molecule has 6 heteroatoms. The second-order valence-corrected chi connectivity index (χ2v) is 4.80. The quantitative estimate of drug-likeness (QED) is 0.796. The molecule has 0 bridgehead atoms. The molecular formula is C15H19N3O3. The number of hydrogen-bond acceptors (Lipinski definition) is 4. The molecule has 0 aromatic heterocycles. The summed E-state index contributed by atoms with van der Waals surface area (Å²) in [6.45, 7) is 3.64. The summed E-state index contributed by atoms with van der Waals surface area (Å²) in [5.41, 5.74) is 0.982. The summed E-state index contributed by atoms with van der Waals surface area (Å²) in [4.78, 5) is 24.4. The summed E-state index contributed by atoms with van der Waals surface area (Å²) in [5.74, 6) is -1.26. The Hall–Kier alpha value is -2.39. The van der Waals surface area contributed by atoms with E-state index < -0.39 is 5.97 Å². The highest BCUT2D eigenvalue weighted by molar-refractivity contribution is 5.92. The summed E-state index contributed by atoms with van der Waals surface area (Å²) in [7, 11) is 0. The van der Waals surface area contributed by atoms with Crippen LogP contribution in [0.25, 0.3) is 0 Å². The molecule has 0 saturated carbocycles. The van der Waals surface area contributed by atoms with E-state index in [0.717, 1.165) is 6.42 Å². The zero-order chi connectivity index (χ0) is 15.8. The molecule has 0 fully saturated rings. The maximum Gasteiger partial charge on any atom is 0.317 e. The molecule has 0 aliphatic rings. The highest BCUT2D eigenvalue weighted by Gasteiger charge is 2.18. The van der Waals surface area contributed by atoms with E-state index in [1.807, 2.05) is 19.9 Å². The van der Waals surface area contributed by atoms with Gasteiger partial charge >= 0.3 is 5.97 Å². The molecule has 0 aliphatic heterocycles. The van der Waals surface area contributed by atoms with Crippen molar-refractivity contribution in [2.75, 3.05) is 18.4 Å². The lowest BCUT2D eigenvalue weighted by atomic mass is 10.2. The van der Waals surface area contributed by atoms with Gasteiger partial charge in [-0.05, 0) is 31.5 Å². The molecule has 21 heavy (non-hydrogen) atoms. The fourth-order valence-electron chi connectivity index (χ4n) is 1.85. The second kappa shape index (κ2) is 8.02. The number of nitrogens with zero attached hydrogens (tertiary/aromatic N) is 2. The molecule has 1 amide bonds. The number of carboxylic acids is 1. The van der Waals surface area contributed by atoms with Gasteiger partial charge in [0.25, 0.3) is 0 Å². The van der Waals surface area contributed by atoms with Crippen molar-refractivity contribution >= 4 is 17.6 Å². The van der Waals surface area contributed by atoms with E-state index in [4.69, 9.17) is 10.4 Å². The standard InChI is InChI=1S/C15H19N3O3/c1-3-11(2)18(10-15(20)21)9-14(19)17-13-6-4-5-12(7-13)8-16/h4-7,11H,3,9-10H2,1-2H3,(H,17,19)(H,20,21). The molecule has 1 rings (SSSR count). The number of carbonyl (C=O) groups is 2. The van der Waals surface area contributed by atoms with Crippen LogP contribution in [-0.2, 0) is 9.59 Å². The van der Waals surface area contributed by atoms with E-state index in [2.05, 4.69) is 5.32 Å². The topological polar surface area (TPSA) is 93.4 Å². The third-order valence-corrected chi connectivity index (χ3v) is 3.17. The first kappa shape index (κ1) is 16.7. The van der Waals surface area contributed by atoms with Gasteiger partial charge in [0.05, 0.1) is 24.7 Å². The van der Waals surface area contributed by atoms with Gasteiger partial charge in [0.15, 0.2) is 0 Å². The monoisotopic (exact) mass is 289 g/mol. The van der Waals surface area contributed by atoms with Crippen LogP contribution >= 0.6 is 0 Å². The summed E-state index contributed by atoms with van der Waals surface area (Å²) in [6, 6.07) is 8.57. The van der Waals surface area contributed by atoms with Gasteiger partial charge < -0.3 is 10.4 Å². The van der Waals surface area contributed by atoms with E-state index in [1.54, 1.807) is 29.2 Å². The van der Waals surface area contributed by atoms with Gasteiger partial charge in [-0.1, -0.05) is 13.0 Å². The van der Waals surface area contributed by atoms with Crippen LogP contribution in [0.1, 0.15) is 25.8 Å². The molecule has 0 heterocycles. The van der Waals surface area contributed by atoms with Gasteiger partial charge in [-0.15, -0.1) is 0 Å². The lowest BCUT2D eigenvalue weighted by Crippen LogP contribution is -2.42. The smallest absolute Gasteiger partial charge is 0.317 e. The number of aliphatic carboxylic acids is 1. The number of rotatable bonds is 7. The Morgan fingerprint density at radius 3 is 2.71 bits per heavy atom. The van der Waals surface area contributed by atoms with Gasteiger partial charge in [-0.2, -0.15) is 5.26 Å². The molecule has 0 spiro atoms. The molecule has 0 saturated heterocycles. The highest BCUT2D eigenvalue weighted by atomic mass is 16.4. The number of benzene rings is 1. The van der Waals surface area contributed by atoms with Gasteiger partial charge in [0.1, 0.15) is 0 Å². The first-order valence-electron chi connectivity index (χ1n) is 6.72. The number of amides is 1. The first-order valence-corrected chi connectivity index (χ1v) is 6.72. The van der Waals surface area contributed by atoms with E-state index in [9.17, 15) is 9.59 Å². The number of carbonyl (C=O) groups excluding carboxylic acids is 1. The molecule has 6 nitrogen and oxygen atoms in total. The summed E-state index contributed by atoms with van der Waals surface area (Å²) in [5, 5.41) is 20.4. The lowest BCUT2D eigenvalue weighted by molar-refractivity contribution is -0.139. The van der Waals surface area contributed by atoms with Crippen molar-refractivity contribution in [2.24, 2.45) is 0 Å². The van der Waals surface area contributed by atoms with Crippen LogP contribution in [0.5, 0.6) is 0 Å². The number of nitriles is 1. The Labute approximate surface area is 124 Å². The Balaban J connectivity index is 2.69. The van der Waals surface area contributed by atoms with Crippen LogP contribution in [-0.4, -0.2) is 41.0 Å². The second-order valence-electron chi connectivity index (χ2n) is 4.80. The summed E-state index contributed by atoms with van der Waals surface area (Å²) < 4.78 is 0. The molecule has 1 aromatic carbocycles. The maximum atomic E-state index is 12.0. The van der Waals surface area contributed by atoms with Crippen molar-refractivity contribution in [3.8, 4) is 6.07 Å². The van der Waals surface area contributed by atoms with Crippen molar-refractivity contribution in [3.63, 3.8) is 0 Å². The van der Waals surface area contributed by atoms with Gasteiger partial charge in [-0.3, -0.25) is 14.5 Å². The Bertz CT molecular complexity index is 551. The SMILES string of the molecule is CCC(C)N(CC(=O)O)CC(=O)Nc1cccc(C#N)c1. The van der Waals surface area contributed by atoms with Gasteiger partial charge in [0.2, 0.25) is 5.91 Å². The Morgan fingerprint density at radius 2 is 2.14 bits per heavy atom. The maximum absolute atomic E-state index is 12.0. The molecule has 1 aromatic rings. The van der Waals surface area contributed by atoms with Crippen LogP contribution < -0.4 is 5.32 Å². The predicted molar refractivity (Wildman–Crippen MR) is 78.7 cm³/mol. The van der Waals surface area contributed by atoms with E-state index in [0.29, 0.717) is 11.3 Å². The average Bonchev–Trinajstić information content (AvgIpc) is 2.45. The Morgan fingerprint density at radius 1 is 1.43 bits per heavy atom. The van der Waals surface area contributed by atoms with Crippen molar-refractivity contribution in [1.29, 1.82) is 5.26 Å². The first-order chi connectivity index (χ1) is 9.96. The lowest BCUT2D eigenvalue weighted by Gasteiger charge is -2.25. The molecule has 112 valence electrons. The molecular weight excluding hydrogens is 270 g/mol. The minimum absolute atomic E-state index is 0.00190. The third-order valence-electron chi connectivity index (χ3n) is 3.17. The van der Waals surface area contributed by atoms with Gasteiger partial charge in [-0.25, -0.2) is 0 Å². The molecule has 0 aliphatic carbocycles. The number of anilines is 1. The third kappa shape index (κ3) is 5.63. The molecule has 2 N–H and O–H groups in total. The Kier molecular flexibility index (Phi) is 6.37. The number of nitrogens with one attached hydrogen (secondary N) is 1. The number of hydrogen-bond donors (Lipinski definition) is 2. The van der Waals surface area contributed by atoms with Crippen LogP contribution in [0.2, 0.25) is 0 Å². The van der Waals surface area contributed by atoms with Crippen molar-refractivity contribution in [2.45, 2.75) is 26.3 Å². The largest absolute Gasteiger partial charge is 0.480 e. The summed E-state index contributed by atoms with van der Waals surface area (Å²) >= 11 is 0.